The highest BCUT2D eigenvalue weighted by molar-refractivity contribution is 5.96. The van der Waals surface area contributed by atoms with E-state index in [4.69, 9.17) is 5.73 Å². The molecule has 3 rings (SSSR count). The van der Waals surface area contributed by atoms with E-state index in [2.05, 4.69) is 29.2 Å². The number of nitrogens with zero attached hydrogens (tertiary/aromatic N) is 2. The van der Waals surface area contributed by atoms with Gasteiger partial charge >= 0.3 is 0 Å². The summed E-state index contributed by atoms with van der Waals surface area (Å²) in [5.74, 6) is 0.140. The molecular formula is C16H24ClN3O. The third kappa shape index (κ3) is 3.96. The summed E-state index contributed by atoms with van der Waals surface area (Å²) in [7, 11) is 0. The molecular weight excluding hydrogens is 286 g/mol. The largest absolute Gasteiger partial charge is 0.326 e. The van der Waals surface area contributed by atoms with Gasteiger partial charge in [0.1, 0.15) is 0 Å². The Hall–Kier alpha value is -1.10. The maximum absolute atomic E-state index is 11.8. The smallest absolute Gasteiger partial charge is 0.228 e. The summed E-state index contributed by atoms with van der Waals surface area (Å²) in [6.45, 7) is 4.08. The van der Waals surface area contributed by atoms with Crippen LogP contribution in [0.5, 0.6) is 0 Å². The van der Waals surface area contributed by atoms with Crippen molar-refractivity contribution in [3.05, 3.63) is 29.8 Å². The van der Waals surface area contributed by atoms with Crippen molar-refractivity contribution in [2.75, 3.05) is 24.5 Å². The van der Waals surface area contributed by atoms with Crippen molar-refractivity contribution in [2.45, 2.75) is 38.3 Å². The van der Waals surface area contributed by atoms with Gasteiger partial charge in [-0.3, -0.25) is 9.69 Å². The summed E-state index contributed by atoms with van der Waals surface area (Å²) in [5.41, 5.74) is 8.14. The Labute approximate surface area is 132 Å². The number of benzene rings is 1. The van der Waals surface area contributed by atoms with Crippen molar-refractivity contribution in [2.24, 2.45) is 5.73 Å². The van der Waals surface area contributed by atoms with Crippen LogP contribution in [0.25, 0.3) is 0 Å². The molecule has 0 aliphatic carbocycles. The van der Waals surface area contributed by atoms with Crippen molar-refractivity contribution >= 4 is 24.0 Å². The Morgan fingerprint density at radius 1 is 1.10 bits per heavy atom. The van der Waals surface area contributed by atoms with E-state index < -0.39 is 0 Å². The lowest BCUT2D eigenvalue weighted by Crippen LogP contribution is -2.29. The summed E-state index contributed by atoms with van der Waals surface area (Å²) < 4.78 is 0. The minimum Gasteiger partial charge on any atom is -0.326 e. The van der Waals surface area contributed by atoms with Crippen molar-refractivity contribution in [1.82, 2.24) is 4.90 Å². The molecule has 116 valence electrons. The van der Waals surface area contributed by atoms with Gasteiger partial charge in [0.25, 0.3) is 0 Å². The van der Waals surface area contributed by atoms with Crippen LogP contribution in [0.4, 0.5) is 5.69 Å². The van der Waals surface area contributed by atoms with Crippen molar-refractivity contribution in [1.29, 1.82) is 0 Å². The van der Waals surface area contributed by atoms with Gasteiger partial charge in [-0.15, -0.1) is 12.4 Å². The first-order chi connectivity index (χ1) is 9.72. The molecule has 0 bridgehead atoms. The molecule has 0 aromatic heterocycles. The van der Waals surface area contributed by atoms with Crippen LogP contribution in [-0.2, 0) is 11.3 Å². The highest BCUT2D eigenvalue weighted by Crippen LogP contribution is 2.22. The number of rotatable bonds is 3. The lowest BCUT2D eigenvalue weighted by atomic mass is 10.1. The normalized spacial score (nSPS) is 23.2. The minimum atomic E-state index is -0.0180. The lowest BCUT2D eigenvalue weighted by Gasteiger charge is -2.26. The number of amides is 1. The van der Waals surface area contributed by atoms with Crippen molar-refractivity contribution in [3.8, 4) is 0 Å². The molecule has 1 unspecified atom stereocenters. The molecule has 1 amide bonds. The summed E-state index contributed by atoms with van der Waals surface area (Å²) in [5, 5.41) is 0. The zero-order valence-corrected chi connectivity index (χ0v) is 13.1. The Bertz CT molecular complexity index is 471. The summed E-state index contributed by atoms with van der Waals surface area (Å²) >= 11 is 0. The molecule has 1 aromatic rings. The third-order valence-electron chi connectivity index (χ3n) is 4.26. The number of hydrogen-bond donors (Lipinski definition) is 1. The van der Waals surface area contributed by atoms with Crippen LogP contribution in [0.3, 0.4) is 0 Å². The average Bonchev–Trinajstić information content (AvgIpc) is 2.80. The van der Waals surface area contributed by atoms with Gasteiger partial charge in [0.15, 0.2) is 0 Å². The molecule has 2 N–H and O–H groups in total. The number of carbonyl (C=O) groups is 1. The second-order valence-corrected chi connectivity index (χ2v) is 5.97. The molecule has 2 saturated heterocycles. The first kappa shape index (κ1) is 16.3. The van der Waals surface area contributed by atoms with E-state index in [0.29, 0.717) is 13.0 Å². The predicted octanol–water partition coefficient (Wildman–Crippen LogP) is 2.16. The van der Waals surface area contributed by atoms with E-state index >= 15 is 0 Å². The van der Waals surface area contributed by atoms with Gasteiger partial charge in [-0.2, -0.15) is 0 Å². The summed E-state index contributed by atoms with van der Waals surface area (Å²) in [6.07, 6.45) is 4.47. The van der Waals surface area contributed by atoms with Crippen LogP contribution < -0.4 is 10.6 Å². The molecule has 21 heavy (non-hydrogen) atoms. The number of carbonyl (C=O) groups excluding carboxylic acids is 1. The van der Waals surface area contributed by atoms with Crippen LogP contribution in [0.15, 0.2) is 24.3 Å². The Morgan fingerprint density at radius 3 is 2.33 bits per heavy atom. The lowest BCUT2D eigenvalue weighted by molar-refractivity contribution is -0.117. The first-order valence-electron chi connectivity index (χ1n) is 7.59. The van der Waals surface area contributed by atoms with Crippen LogP contribution in [0.2, 0.25) is 0 Å². The maximum Gasteiger partial charge on any atom is 0.228 e. The van der Waals surface area contributed by atoms with Gasteiger partial charge in [-0.05, 0) is 43.6 Å². The number of halogens is 1. The van der Waals surface area contributed by atoms with E-state index in [-0.39, 0.29) is 24.4 Å². The van der Waals surface area contributed by atoms with E-state index in [1.807, 2.05) is 0 Å². The molecule has 4 nitrogen and oxygen atoms in total. The number of piperidine rings is 1. The molecule has 1 aromatic carbocycles. The van der Waals surface area contributed by atoms with E-state index in [0.717, 1.165) is 12.2 Å². The molecule has 0 spiro atoms. The van der Waals surface area contributed by atoms with Gasteiger partial charge in [0.05, 0.1) is 0 Å². The fourth-order valence-corrected chi connectivity index (χ4v) is 3.14. The van der Waals surface area contributed by atoms with E-state index in [1.54, 1.807) is 4.90 Å². The summed E-state index contributed by atoms with van der Waals surface area (Å²) in [4.78, 5) is 16.1. The van der Waals surface area contributed by atoms with Crippen LogP contribution in [0, 0.1) is 0 Å². The average molecular weight is 310 g/mol. The van der Waals surface area contributed by atoms with Gasteiger partial charge in [-0.25, -0.2) is 0 Å². The molecule has 0 radical (unpaired) electrons. The van der Waals surface area contributed by atoms with Gasteiger partial charge < -0.3 is 10.6 Å². The standard InChI is InChI=1S/C16H23N3O.ClH/c17-14-10-16(20)19(12-14)15-6-4-13(5-7-15)11-18-8-2-1-3-9-18;/h4-7,14H,1-3,8-12,17H2;1H. The molecule has 2 aliphatic heterocycles. The second-order valence-electron chi connectivity index (χ2n) is 5.97. The predicted molar refractivity (Wildman–Crippen MR) is 87.8 cm³/mol. The number of anilines is 1. The highest BCUT2D eigenvalue weighted by atomic mass is 35.5. The van der Waals surface area contributed by atoms with E-state index in [1.165, 1.54) is 37.9 Å². The van der Waals surface area contributed by atoms with Crippen LogP contribution >= 0.6 is 12.4 Å². The fourth-order valence-electron chi connectivity index (χ4n) is 3.14. The molecule has 2 fully saturated rings. The Morgan fingerprint density at radius 2 is 1.76 bits per heavy atom. The maximum atomic E-state index is 11.8. The third-order valence-corrected chi connectivity index (χ3v) is 4.26. The molecule has 2 heterocycles. The molecule has 0 saturated carbocycles. The Balaban J connectivity index is 0.00000161. The van der Waals surface area contributed by atoms with Crippen molar-refractivity contribution in [3.63, 3.8) is 0 Å². The second kappa shape index (κ2) is 7.25. The van der Waals surface area contributed by atoms with Gasteiger partial charge in [0, 0.05) is 31.2 Å². The zero-order valence-electron chi connectivity index (χ0n) is 12.3. The fraction of sp³-hybridized carbons (Fsp3) is 0.562. The number of hydrogen-bond acceptors (Lipinski definition) is 3. The van der Waals surface area contributed by atoms with Crippen LogP contribution in [-0.4, -0.2) is 36.5 Å². The highest BCUT2D eigenvalue weighted by Gasteiger charge is 2.27. The molecule has 1 atom stereocenters. The van der Waals surface area contributed by atoms with Crippen molar-refractivity contribution < 1.29 is 4.79 Å². The molecule has 5 heteroatoms. The molecule has 2 aliphatic rings. The Kier molecular flexibility index (Phi) is 5.62. The topological polar surface area (TPSA) is 49.6 Å². The first-order valence-corrected chi connectivity index (χ1v) is 7.59. The quantitative estimate of drug-likeness (QED) is 0.931. The van der Waals surface area contributed by atoms with Gasteiger partial charge in [0.2, 0.25) is 5.91 Å². The van der Waals surface area contributed by atoms with Gasteiger partial charge in [-0.1, -0.05) is 18.6 Å². The SMILES string of the molecule is Cl.NC1CC(=O)N(c2ccc(CN3CCCCC3)cc2)C1. The van der Waals surface area contributed by atoms with Crippen LogP contribution in [0.1, 0.15) is 31.2 Å². The monoisotopic (exact) mass is 309 g/mol. The summed E-state index contributed by atoms with van der Waals surface area (Å²) in [6, 6.07) is 8.36. The zero-order chi connectivity index (χ0) is 13.9. The number of likely N-dealkylation sites (tertiary alicyclic amines) is 1. The van der Waals surface area contributed by atoms with E-state index in [9.17, 15) is 4.79 Å². The number of nitrogens with two attached hydrogens (primary N) is 1. The minimum absolute atomic E-state index is 0.